The molecule has 8 nitrogen and oxygen atoms in total. The van der Waals surface area contributed by atoms with E-state index in [4.69, 9.17) is 0 Å². The Balaban J connectivity index is -0.0000000867. The molecule has 0 aromatic heterocycles. The van der Waals surface area contributed by atoms with Crippen LogP contribution in [0.1, 0.15) is 810 Å². The number of hydrogen-bond donors (Lipinski definition) is 0. The van der Waals surface area contributed by atoms with Gasteiger partial charge in [0.1, 0.15) is 0 Å². The first-order chi connectivity index (χ1) is 70.1. The van der Waals surface area contributed by atoms with Crippen LogP contribution in [-0.2, 0) is 40.9 Å². The van der Waals surface area contributed by atoms with Crippen LogP contribution < -0.4 is 20.4 Å². The minimum Gasteiger partial charge on any atom is -0.550 e. The normalized spacial score (nSPS) is 10.0. The van der Waals surface area contributed by atoms with Crippen LogP contribution in [-0.4, -0.2) is 23.9 Å². The SMILES string of the molecule is CCCC.CCCC.CCCC.CCCC.CCCC.CCCC.CCCC.CCCC.CCCC.CCCC.CCCC.CCCC.CCCCCCCCCCCC/C=C\CCCCCCCC(=O)[O-].CCCCCCCCCCCC/C=C\CCCCCCCC(=O)[O-].CCCCCCCCCCCC/C=C\CCCCCCCC(=O)[O-].CCCCCCCCCCCC/C=C\CCCCCCCC(=O)[O-].[Ti+4]. The summed E-state index contributed by atoms with van der Waals surface area (Å²) >= 11 is 0. The molecule has 0 aliphatic rings. The predicted molar refractivity (Wildman–Crippen MR) is 659 cm³/mol. The zero-order valence-electron chi connectivity index (χ0n) is 106. The van der Waals surface area contributed by atoms with Crippen molar-refractivity contribution in [3.05, 3.63) is 48.6 Å². The van der Waals surface area contributed by atoms with Gasteiger partial charge in [0.25, 0.3) is 0 Å². The smallest absolute Gasteiger partial charge is 0.550 e. The number of carbonyl (C=O) groups excluding carboxylic acids is 4. The average molecular weight is 2100 g/mol. The number of rotatable bonds is 88. The van der Waals surface area contributed by atoms with Gasteiger partial charge in [-0.1, -0.05) is 705 Å². The first-order valence-corrected chi connectivity index (χ1v) is 65.4. The quantitative estimate of drug-likeness (QED) is 0.0330. The van der Waals surface area contributed by atoms with Gasteiger partial charge in [0.05, 0.1) is 0 Å². The minimum atomic E-state index is -0.912. The van der Waals surface area contributed by atoms with E-state index in [-0.39, 0.29) is 47.4 Å². The molecule has 0 heterocycles. The molecule has 0 radical (unpaired) electrons. The molecule has 0 aliphatic heterocycles. The second-order valence-electron chi connectivity index (χ2n) is 40.5. The molecule has 0 saturated heterocycles. The van der Waals surface area contributed by atoms with Gasteiger partial charge in [-0.3, -0.25) is 0 Å². The number of aliphatic carboxylic acids is 4. The Labute approximate surface area is 937 Å². The third-order valence-corrected chi connectivity index (χ3v) is 24.6. The molecule has 0 fully saturated rings. The molecule has 0 aromatic rings. The van der Waals surface area contributed by atoms with Crippen molar-refractivity contribution < 1.29 is 61.3 Å². The molecular weight excluding hydrogens is 1810 g/mol. The monoisotopic (exact) mass is 2090 g/mol. The molecule has 145 heavy (non-hydrogen) atoms. The van der Waals surface area contributed by atoms with E-state index in [0.29, 0.717) is 0 Å². The summed E-state index contributed by atoms with van der Waals surface area (Å²) in [7, 11) is 0. The third kappa shape index (κ3) is 315. The van der Waals surface area contributed by atoms with Gasteiger partial charge in [0, 0.05) is 23.9 Å². The fraction of sp³-hybridized carbons (Fsp3) is 0.912. The van der Waals surface area contributed by atoms with Gasteiger partial charge in [-0.15, -0.1) is 0 Å². The van der Waals surface area contributed by atoms with E-state index < -0.39 is 23.9 Å². The first kappa shape index (κ1) is 181. The maximum Gasteiger partial charge on any atom is 4.00 e. The first-order valence-electron chi connectivity index (χ1n) is 65.4. The molecule has 0 atom stereocenters. The van der Waals surface area contributed by atoms with Crippen molar-refractivity contribution in [2.45, 2.75) is 810 Å². The van der Waals surface area contributed by atoms with Gasteiger partial charge in [-0.05, 0) is 154 Å². The zero-order chi connectivity index (χ0) is 112. The Kier molecular flexibility index (Phi) is 271. The maximum atomic E-state index is 10.3. The van der Waals surface area contributed by atoms with E-state index in [1.54, 1.807) is 0 Å². The summed E-state index contributed by atoms with van der Waals surface area (Å²) in [6, 6.07) is 0. The van der Waals surface area contributed by atoms with Crippen LogP contribution >= 0.6 is 0 Å². The van der Waals surface area contributed by atoms with Crippen molar-refractivity contribution in [1.82, 2.24) is 0 Å². The maximum absolute atomic E-state index is 10.3. The molecule has 0 aliphatic carbocycles. The van der Waals surface area contributed by atoms with Crippen molar-refractivity contribution in [2.75, 3.05) is 0 Å². The number of carbonyl (C=O) groups is 4. The number of hydrogen-bond acceptors (Lipinski definition) is 8. The fourth-order valence-electron chi connectivity index (χ4n) is 12.2. The van der Waals surface area contributed by atoms with Crippen molar-refractivity contribution in [2.24, 2.45) is 0 Å². The fourth-order valence-corrected chi connectivity index (χ4v) is 12.2. The molecule has 0 saturated carbocycles. The topological polar surface area (TPSA) is 161 Å². The minimum absolute atomic E-state index is 0. The zero-order valence-corrected chi connectivity index (χ0v) is 108. The number of carboxylic acid groups (broad SMARTS) is 4. The molecule has 0 N–H and O–H groups in total. The summed E-state index contributed by atoms with van der Waals surface area (Å²) in [4.78, 5) is 41.0. The Morgan fingerprint density at radius 2 is 0.179 bits per heavy atom. The molecule has 0 amide bonds. The van der Waals surface area contributed by atoms with E-state index in [0.717, 1.165) is 77.0 Å². The molecule has 0 bridgehead atoms. The summed E-state index contributed by atoms with van der Waals surface area (Å²) in [6.07, 6.45) is 139. The Bertz CT molecular complexity index is 1680. The summed E-state index contributed by atoms with van der Waals surface area (Å²) in [5.41, 5.74) is 0. The largest absolute Gasteiger partial charge is 4.00 e. The van der Waals surface area contributed by atoms with E-state index in [1.807, 2.05) is 0 Å². The van der Waals surface area contributed by atoms with Gasteiger partial charge in [-0.25, -0.2) is 0 Å². The van der Waals surface area contributed by atoms with E-state index in [2.05, 4.69) is 242 Å². The van der Waals surface area contributed by atoms with Gasteiger partial charge in [0.15, 0.2) is 0 Å². The van der Waals surface area contributed by atoms with Crippen LogP contribution in [0.4, 0.5) is 0 Å². The number of unbranched alkanes of at least 4 members (excludes halogenated alkanes) is 72. The summed E-state index contributed by atoms with van der Waals surface area (Å²) in [5, 5.41) is 41.0. The average Bonchev–Trinajstić information content (AvgIpc) is 1.11. The molecule has 0 aromatic carbocycles. The van der Waals surface area contributed by atoms with Gasteiger partial charge in [0.2, 0.25) is 0 Å². The second-order valence-corrected chi connectivity index (χ2v) is 40.5. The molecule has 9 heteroatoms. The van der Waals surface area contributed by atoms with E-state index in [1.165, 1.54) is 514 Å². The van der Waals surface area contributed by atoms with Crippen LogP contribution in [0.3, 0.4) is 0 Å². The van der Waals surface area contributed by atoms with E-state index in [9.17, 15) is 39.6 Å². The Hall–Kier alpha value is -2.45. The standard InChI is InChI=1S/4C22H42O2.12C4H10.Ti/c4*1-2-3-4-5-6-7-8-9-10-11-12-13-14-15-16-17-18-19-20-21-22(23)24;12*1-3-4-2;/h4*13-14H,2-12,15-21H2,1H3,(H,23,24);12*3-4H2,1-2H3;/q;;;;;;;;;;;;;;;;+4/p-4/b4*14-13-;;;;;;;;;;;;;. The van der Waals surface area contributed by atoms with Crippen LogP contribution in [0, 0.1) is 0 Å². The molecule has 0 spiro atoms. The molecule has 880 valence electrons. The summed E-state index contributed by atoms with van der Waals surface area (Å²) in [5.74, 6) is -3.65. The predicted octanol–water partition coefficient (Wildman–Crippen LogP) is 47.0. The Morgan fingerprint density at radius 3 is 0.248 bits per heavy atom. The molecular formula is C136H284O8Ti. The molecule has 0 rings (SSSR count). The number of allylic oxidation sites excluding steroid dienone is 8. The van der Waals surface area contributed by atoms with Gasteiger partial charge >= 0.3 is 21.7 Å². The third-order valence-electron chi connectivity index (χ3n) is 24.6. The van der Waals surface area contributed by atoms with Crippen LogP contribution in [0.2, 0.25) is 0 Å². The number of carboxylic acids is 4. The summed E-state index contributed by atoms with van der Waals surface area (Å²) < 4.78 is 0. The van der Waals surface area contributed by atoms with Crippen molar-refractivity contribution in [3.63, 3.8) is 0 Å². The Morgan fingerprint density at radius 1 is 0.110 bits per heavy atom. The van der Waals surface area contributed by atoms with Gasteiger partial charge < -0.3 is 39.6 Å². The second kappa shape index (κ2) is 217. The van der Waals surface area contributed by atoms with Crippen molar-refractivity contribution in [1.29, 1.82) is 0 Å². The van der Waals surface area contributed by atoms with Crippen molar-refractivity contribution in [3.8, 4) is 0 Å². The summed E-state index contributed by atoms with van der Waals surface area (Å²) in [6.45, 7) is 61.4. The molecule has 0 unspecified atom stereocenters. The van der Waals surface area contributed by atoms with Crippen LogP contribution in [0.5, 0.6) is 0 Å². The van der Waals surface area contributed by atoms with Crippen LogP contribution in [0.15, 0.2) is 48.6 Å². The van der Waals surface area contributed by atoms with Crippen LogP contribution in [0.25, 0.3) is 0 Å². The van der Waals surface area contributed by atoms with E-state index >= 15 is 0 Å². The van der Waals surface area contributed by atoms with Gasteiger partial charge in [-0.2, -0.15) is 0 Å². The van der Waals surface area contributed by atoms with Crippen molar-refractivity contribution >= 4 is 23.9 Å².